The van der Waals surface area contributed by atoms with Crippen LogP contribution in [0.25, 0.3) is 22.3 Å². The number of ether oxygens (including phenoxy) is 1. The lowest BCUT2D eigenvalue weighted by Gasteiger charge is -2.33. The first-order chi connectivity index (χ1) is 16.5. The van der Waals surface area contributed by atoms with Crippen molar-refractivity contribution in [3.63, 3.8) is 0 Å². The number of nitrogens with one attached hydrogen (secondary N) is 1. The van der Waals surface area contributed by atoms with Gasteiger partial charge in [-0.15, -0.1) is 12.4 Å². The van der Waals surface area contributed by atoms with E-state index in [0.717, 1.165) is 61.8 Å². The van der Waals surface area contributed by atoms with Gasteiger partial charge in [-0.1, -0.05) is 0 Å². The van der Waals surface area contributed by atoms with Crippen molar-refractivity contribution >= 4 is 29.3 Å². The van der Waals surface area contributed by atoms with E-state index in [1.807, 2.05) is 47.8 Å². The SMILES string of the molecule is Cc1cc(-c2nc(C#N)nc3c2ccn3C)cnc1OCC1CCN(C(=O)[C@@H]2CCCN2)CC1.Cl. The van der Waals surface area contributed by atoms with Gasteiger partial charge in [0.25, 0.3) is 0 Å². The normalized spacial score (nSPS) is 18.3. The molecule has 0 unspecified atom stereocenters. The Hall–Kier alpha value is -3.22. The number of aryl methyl sites for hydroxylation is 2. The maximum Gasteiger partial charge on any atom is 0.239 e. The number of amides is 1. The van der Waals surface area contributed by atoms with E-state index in [2.05, 4.69) is 20.3 Å². The van der Waals surface area contributed by atoms with Gasteiger partial charge in [0.2, 0.25) is 17.6 Å². The second kappa shape index (κ2) is 10.6. The monoisotopic (exact) mass is 495 g/mol. The van der Waals surface area contributed by atoms with Gasteiger partial charge in [-0.3, -0.25) is 4.79 Å². The molecule has 1 N–H and O–H groups in total. The average Bonchev–Trinajstić information content (AvgIpc) is 3.53. The second-order valence-electron chi connectivity index (χ2n) is 9.25. The van der Waals surface area contributed by atoms with Crippen molar-refractivity contribution in [2.24, 2.45) is 13.0 Å². The molecule has 0 radical (unpaired) electrons. The molecule has 0 spiro atoms. The van der Waals surface area contributed by atoms with Crippen LogP contribution in [0.15, 0.2) is 24.5 Å². The van der Waals surface area contributed by atoms with E-state index in [0.29, 0.717) is 29.7 Å². The number of nitrogens with zero attached hydrogens (tertiary/aromatic N) is 6. The van der Waals surface area contributed by atoms with Gasteiger partial charge in [0.15, 0.2) is 0 Å². The van der Waals surface area contributed by atoms with Crippen LogP contribution >= 0.6 is 12.4 Å². The summed E-state index contributed by atoms with van der Waals surface area (Å²) in [6.07, 6.45) is 7.57. The highest BCUT2D eigenvalue weighted by molar-refractivity contribution is 5.91. The van der Waals surface area contributed by atoms with E-state index in [4.69, 9.17) is 4.74 Å². The zero-order valence-electron chi connectivity index (χ0n) is 20.0. The van der Waals surface area contributed by atoms with Gasteiger partial charge >= 0.3 is 0 Å². The number of pyridine rings is 1. The van der Waals surface area contributed by atoms with E-state index in [-0.39, 0.29) is 30.2 Å². The molecule has 5 rings (SSSR count). The molecule has 2 aliphatic rings. The highest BCUT2D eigenvalue weighted by Gasteiger charge is 2.30. The standard InChI is InChI=1S/C25H29N7O2.ClH/c1-16-12-18(22-19-7-9-31(2)23(19)30-21(13-26)29-22)14-28-24(16)34-15-17-5-10-32(11-6-17)25(33)20-4-3-8-27-20;/h7,9,12,14,17,20,27H,3-6,8,10-11,15H2,1-2H3;1H/t20-;/m0./s1. The van der Waals surface area contributed by atoms with E-state index in [1.165, 1.54) is 0 Å². The second-order valence-corrected chi connectivity index (χ2v) is 9.25. The van der Waals surface area contributed by atoms with Gasteiger partial charge in [0.05, 0.1) is 18.3 Å². The fourth-order valence-corrected chi connectivity index (χ4v) is 4.88. The summed E-state index contributed by atoms with van der Waals surface area (Å²) in [5.74, 6) is 1.40. The Morgan fingerprint density at radius 1 is 1.29 bits per heavy atom. The minimum atomic E-state index is 0. The van der Waals surface area contributed by atoms with E-state index in [9.17, 15) is 10.1 Å². The van der Waals surface area contributed by atoms with Crippen molar-refractivity contribution in [3.05, 3.63) is 35.9 Å². The van der Waals surface area contributed by atoms with Gasteiger partial charge in [-0.2, -0.15) is 5.26 Å². The summed E-state index contributed by atoms with van der Waals surface area (Å²) in [4.78, 5) is 27.9. The van der Waals surface area contributed by atoms with Crippen LogP contribution in [0.4, 0.5) is 0 Å². The number of hydrogen-bond acceptors (Lipinski definition) is 7. The molecule has 10 heteroatoms. The van der Waals surface area contributed by atoms with Gasteiger partial charge in [-0.05, 0) is 57.2 Å². The van der Waals surface area contributed by atoms with Crippen LogP contribution in [0.2, 0.25) is 0 Å². The van der Waals surface area contributed by atoms with Crippen LogP contribution in [0.3, 0.4) is 0 Å². The van der Waals surface area contributed by atoms with Crippen LogP contribution in [0.5, 0.6) is 5.88 Å². The molecule has 3 aromatic rings. The third kappa shape index (κ3) is 5.09. The predicted molar refractivity (Wildman–Crippen MR) is 134 cm³/mol. The lowest BCUT2D eigenvalue weighted by molar-refractivity contribution is -0.134. The highest BCUT2D eigenvalue weighted by atomic mass is 35.5. The van der Waals surface area contributed by atoms with Crippen molar-refractivity contribution in [2.45, 2.75) is 38.6 Å². The van der Waals surface area contributed by atoms with Crippen LogP contribution in [-0.2, 0) is 11.8 Å². The molecule has 5 heterocycles. The molecule has 2 saturated heterocycles. The smallest absolute Gasteiger partial charge is 0.239 e. The molecule has 0 saturated carbocycles. The highest BCUT2D eigenvalue weighted by Crippen LogP contribution is 2.29. The molecule has 35 heavy (non-hydrogen) atoms. The molecule has 1 amide bonds. The van der Waals surface area contributed by atoms with Crippen molar-refractivity contribution in [1.82, 2.24) is 29.7 Å². The zero-order chi connectivity index (χ0) is 23.7. The number of rotatable bonds is 5. The van der Waals surface area contributed by atoms with Gasteiger partial charge in [-0.25, -0.2) is 15.0 Å². The fraction of sp³-hybridized carbons (Fsp3) is 0.480. The Balaban J connectivity index is 0.00000289. The van der Waals surface area contributed by atoms with Crippen molar-refractivity contribution in [3.8, 4) is 23.2 Å². The van der Waals surface area contributed by atoms with Crippen LogP contribution in [0.1, 0.15) is 37.1 Å². The number of hydrogen-bond donors (Lipinski definition) is 1. The van der Waals surface area contributed by atoms with Crippen LogP contribution < -0.4 is 10.1 Å². The minimum absolute atomic E-state index is 0. The number of fused-ring (bicyclic) bond motifs is 1. The van der Waals surface area contributed by atoms with Crippen molar-refractivity contribution in [1.29, 1.82) is 5.26 Å². The summed E-state index contributed by atoms with van der Waals surface area (Å²) in [5.41, 5.74) is 3.15. The summed E-state index contributed by atoms with van der Waals surface area (Å²) in [7, 11) is 1.90. The number of aromatic nitrogens is 4. The number of carbonyl (C=O) groups excluding carboxylic acids is 1. The zero-order valence-corrected chi connectivity index (χ0v) is 20.8. The molecule has 2 fully saturated rings. The number of piperidine rings is 1. The quantitative estimate of drug-likeness (QED) is 0.579. The average molecular weight is 496 g/mol. The molecule has 9 nitrogen and oxygen atoms in total. The maximum absolute atomic E-state index is 12.6. The summed E-state index contributed by atoms with van der Waals surface area (Å²) < 4.78 is 7.96. The Morgan fingerprint density at radius 3 is 2.77 bits per heavy atom. The minimum Gasteiger partial charge on any atom is -0.477 e. The summed E-state index contributed by atoms with van der Waals surface area (Å²) in [6, 6.07) is 6.00. The third-order valence-corrected chi connectivity index (χ3v) is 6.87. The van der Waals surface area contributed by atoms with Crippen molar-refractivity contribution < 1.29 is 9.53 Å². The summed E-state index contributed by atoms with van der Waals surface area (Å²) >= 11 is 0. The molecular formula is C25H30ClN7O2. The lowest BCUT2D eigenvalue weighted by Crippen LogP contribution is -2.47. The molecule has 2 aliphatic heterocycles. The molecule has 0 aromatic carbocycles. The molecular weight excluding hydrogens is 466 g/mol. The van der Waals surface area contributed by atoms with E-state index >= 15 is 0 Å². The molecule has 0 bridgehead atoms. The van der Waals surface area contributed by atoms with Gasteiger partial charge in [0, 0.05) is 49.0 Å². The topological polar surface area (TPSA) is 109 Å². The third-order valence-electron chi connectivity index (χ3n) is 6.87. The fourth-order valence-electron chi connectivity index (χ4n) is 4.88. The number of likely N-dealkylation sites (tertiary alicyclic amines) is 1. The molecule has 184 valence electrons. The Morgan fingerprint density at radius 2 is 2.09 bits per heavy atom. The Kier molecular flexibility index (Phi) is 7.53. The van der Waals surface area contributed by atoms with Gasteiger partial charge in [0.1, 0.15) is 11.7 Å². The largest absolute Gasteiger partial charge is 0.477 e. The first kappa shape index (κ1) is 24.9. The van der Waals surface area contributed by atoms with E-state index in [1.54, 1.807) is 6.20 Å². The predicted octanol–water partition coefficient (Wildman–Crippen LogP) is 3.00. The molecule has 1 atom stereocenters. The van der Waals surface area contributed by atoms with E-state index < -0.39 is 0 Å². The Labute approximate surface area is 210 Å². The van der Waals surface area contributed by atoms with Gasteiger partial charge < -0.3 is 19.5 Å². The maximum atomic E-state index is 12.6. The number of halogens is 1. The van der Waals surface area contributed by atoms with Crippen LogP contribution in [-0.4, -0.2) is 62.6 Å². The molecule has 0 aliphatic carbocycles. The first-order valence-electron chi connectivity index (χ1n) is 11.9. The van der Waals surface area contributed by atoms with Crippen molar-refractivity contribution in [2.75, 3.05) is 26.2 Å². The molecule has 3 aromatic heterocycles. The Bertz CT molecular complexity index is 1250. The lowest BCUT2D eigenvalue weighted by atomic mass is 9.97. The first-order valence-corrected chi connectivity index (χ1v) is 11.9. The summed E-state index contributed by atoms with van der Waals surface area (Å²) in [6.45, 7) is 5.08. The number of nitriles is 1. The van der Waals surface area contributed by atoms with Crippen LogP contribution in [0, 0.1) is 24.2 Å². The summed E-state index contributed by atoms with van der Waals surface area (Å²) in [5, 5.41) is 13.5. The number of carbonyl (C=O) groups is 1.